The maximum Gasteiger partial charge on any atom is 0.148 e. The van der Waals surface area contributed by atoms with E-state index in [4.69, 9.17) is 10.5 Å². The van der Waals surface area contributed by atoms with Gasteiger partial charge in [0.15, 0.2) is 0 Å². The average molecular weight is 349 g/mol. The van der Waals surface area contributed by atoms with Crippen LogP contribution in [0.2, 0.25) is 0 Å². The van der Waals surface area contributed by atoms with Crippen LogP contribution in [0.4, 0.5) is 0 Å². The SMILES string of the molecule is CCc1nc(C)ccc1Oc1cc(Br)ccc1CC(C)N. The van der Waals surface area contributed by atoms with Gasteiger partial charge in [-0.25, -0.2) is 0 Å². The van der Waals surface area contributed by atoms with E-state index < -0.39 is 0 Å². The Morgan fingerprint density at radius 3 is 2.67 bits per heavy atom. The van der Waals surface area contributed by atoms with Gasteiger partial charge in [-0.05, 0) is 56.5 Å². The minimum absolute atomic E-state index is 0.0929. The van der Waals surface area contributed by atoms with Crippen LogP contribution in [-0.2, 0) is 12.8 Å². The number of benzene rings is 1. The van der Waals surface area contributed by atoms with Crippen molar-refractivity contribution in [2.75, 3.05) is 0 Å². The average Bonchev–Trinajstić information content (AvgIpc) is 2.43. The van der Waals surface area contributed by atoms with Gasteiger partial charge in [-0.1, -0.05) is 28.9 Å². The number of nitrogens with zero attached hydrogens (tertiary/aromatic N) is 1. The minimum Gasteiger partial charge on any atom is -0.455 e. The van der Waals surface area contributed by atoms with Crippen molar-refractivity contribution in [1.29, 1.82) is 0 Å². The van der Waals surface area contributed by atoms with E-state index >= 15 is 0 Å². The molecule has 4 heteroatoms. The zero-order valence-electron chi connectivity index (χ0n) is 12.7. The molecule has 0 aliphatic carbocycles. The molecule has 1 atom stereocenters. The molecule has 0 spiro atoms. The van der Waals surface area contributed by atoms with Crippen molar-refractivity contribution in [2.45, 2.75) is 39.7 Å². The lowest BCUT2D eigenvalue weighted by Gasteiger charge is -2.15. The molecule has 1 aromatic heterocycles. The molecule has 0 bridgehead atoms. The molecule has 1 unspecified atom stereocenters. The van der Waals surface area contributed by atoms with Gasteiger partial charge in [-0.2, -0.15) is 0 Å². The molecule has 0 saturated heterocycles. The second-order valence-electron chi connectivity index (χ2n) is 5.29. The van der Waals surface area contributed by atoms with Gasteiger partial charge in [0.2, 0.25) is 0 Å². The van der Waals surface area contributed by atoms with E-state index in [-0.39, 0.29) is 6.04 Å². The normalized spacial score (nSPS) is 12.2. The number of aryl methyl sites for hydroxylation is 2. The van der Waals surface area contributed by atoms with Crippen molar-refractivity contribution < 1.29 is 4.74 Å². The summed E-state index contributed by atoms with van der Waals surface area (Å²) >= 11 is 3.50. The highest BCUT2D eigenvalue weighted by Crippen LogP contribution is 2.31. The minimum atomic E-state index is 0.0929. The third-order valence-corrected chi connectivity index (χ3v) is 3.69. The van der Waals surface area contributed by atoms with Gasteiger partial charge in [0.1, 0.15) is 11.5 Å². The molecule has 112 valence electrons. The van der Waals surface area contributed by atoms with Crippen LogP contribution in [-0.4, -0.2) is 11.0 Å². The molecule has 2 rings (SSSR count). The summed E-state index contributed by atoms with van der Waals surface area (Å²) in [5, 5.41) is 0. The Morgan fingerprint density at radius 2 is 2.00 bits per heavy atom. The van der Waals surface area contributed by atoms with E-state index in [0.29, 0.717) is 0 Å². The largest absolute Gasteiger partial charge is 0.455 e. The fourth-order valence-corrected chi connectivity index (χ4v) is 2.54. The number of halogens is 1. The number of hydrogen-bond donors (Lipinski definition) is 1. The first kappa shape index (κ1) is 16.0. The number of rotatable bonds is 5. The summed E-state index contributed by atoms with van der Waals surface area (Å²) in [7, 11) is 0. The van der Waals surface area contributed by atoms with Crippen molar-refractivity contribution in [2.24, 2.45) is 5.73 Å². The van der Waals surface area contributed by atoms with Crippen LogP contribution in [0.1, 0.15) is 30.8 Å². The first-order chi connectivity index (χ1) is 9.99. The Hall–Kier alpha value is -1.39. The summed E-state index contributed by atoms with van der Waals surface area (Å²) in [5.74, 6) is 1.65. The predicted molar refractivity (Wildman–Crippen MR) is 89.9 cm³/mol. The molecule has 3 nitrogen and oxygen atoms in total. The van der Waals surface area contributed by atoms with Gasteiger partial charge in [0.05, 0.1) is 5.69 Å². The van der Waals surface area contributed by atoms with Crippen molar-refractivity contribution in [3.05, 3.63) is 51.8 Å². The van der Waals surface area contributed by atoms with Gasteiger partial charge in [-0.15, -0.1) is 0 Å². The highest BCUT2D eigenvalue weighted by molar-refractivity contribution is 9.10. The van der Waals surface area contributed by atoms with Crippen LogP contribution < -0.4 is 10.5 Å². The highest BCUT2D eigenvalue weighted by atomic mass is 79.9. The number of pyridine rings is 1. The molecule has 2 N–H and O–H groups in total. The smallest absolute Gasteiger partial charge is 0.148 e. The summed E-state index contributed by atoms with van der Waals surface area (Å²) in [6.45, 7) is 6.07. The first-order valence-corrected chi connectivity index (χ1v) is 7.97. The van der Waals surface area contributed by atoms with E-state index in [9.17, 15) is 0 Å². The summed E-state index contributed by atoms with van der Waals surface area (Å²) in [4.78, 5) is 4.54. The monoisotopic (exact) mass is 348 g/mol. The molecule has 0 radical (unpaired) electrons. The molecule has 0 aliphatic rings. The zero-order chi connectivity index (χ0) is 15.4. The lowest BCUT2D eigenvalue weighted by molar-refractivity contribution is 0.464. The van der Waals surface area contributed by atoms with Gasteiger partial charge in [0, 0.05) is 16.2 Å². The number of hydrogen-bond acceptors (Lipinski definition) is 3. The molecular weight excluding hydrogens is 328 g/mol. The Bertz CT molecular complexity index is 626. The number of aromatic nitrogens is 1. The maximum absolute atomic E-state index is 6.12. The lowest BCUT2D eigenvalue weighted by Crippen LogP contribution is -2.18. The van der Waals surface area contributed by atoms with E-state index in [1.165, 1.54) is 0 Å². The van der Waals surface area contributed by atoms with Crippen LogP contribution >= 0.6 is 15.9 Å². The molecule has 2 aromatic rings. The molecule has 21 heavy (non-hydrogen) atoms. The summed E-state index contributed by atoms with van der Waals surface area (Å²) in [6.07, 6.45) is 1.62. The molecule has 0 aliphatic heterocycles. The maximum atomic E-state index is 6.12. The van der Waals surface area contributed by atoms with Crippen LogP contribution in [0.5, 0.6) is 11.5 Å². The third kappa shape index (κ3) is 4.29. The Balaban J connectivity index is 2.36. The molecular formula is C17H21BrN2O. The standard InChI is InChI=1S/C17H21BrN2O/c1-4-15-16(8-5-12(3)20-15)21-17-10-14(18)7-6-13(17)9-11(2)19/h5-8,10-11H,4,9,19H2,1-3H3. The third-order valence-electron chi connectivity index (χ3n) is 3.20. The summed E-state index contributed by atoms with van der Waals surface area (Å²) in [5.41, 5.74) is 9.01. The Kier molecular flexibility index (Phi) is 5.37. The second kappa shape index (κ2) is 7.05. The molecule has 0 amide bonds. The fraction of sp³-hybridized carbons (Fsp3) is 0.353. The van der Waals surface area contributed by atoms with Crippen molar-refractivity contribution in [3.63, 3.8) is 0 Å². The van der Waals surface area contributed by atoms with Crippen LogP contribution in [0.15, 0.2) is 34.8 Å². The topological polar surface area (TPSA) is 48.1 Å². The summed E-state index contributed by atoms with van der Waals surface area (Å²) in [6, 6.07) is 10.1. The van der Waals surface area contributed by atoms with E-state index in [1.54, 1.807) is 0 Å². The van der Waals surface area contributed by atoms with E-state index in [1.807, 2.05) is 38.1 Å². The van der Waals surface area contributed by atoms with Gasteiger partial charge in [-0.3, -0.25) is 4.98 Å². The summed E-state index contributed by atoms with van der Waals surface area (Å²) < 4.78 is 7.11. The van der Waals surface area contributed by atoms with Gasteiger partial charge >= 0.3 is 0 Å². The zero-order valence-corrected chi connectivity index (χ0v) is 14.3. The van der Waals surface area contributed by atoms with Crippen LogP contribution in [0.3, 0.4) is 0 Å². The predicted octanol–water partition coefficient (Wildman–Crippen LogP) is 4.40. The molecule has 1 heterocycles. The van der Waals surface area contributed by atoms with Crippen LogP contribution in [0, 0.1) is 6.92 Å². The Morgan fingerprint density at radius 1 is 1.24 bits per heavy atom. The molecule has 0 fully saturated rings. The number of ether oxygens (including phenoxy) is 1. The fourth-order valence-electron chi connectivity index (χ4n) is 2.20. The van der Waals surface area contributed by atoms with E-state index in [2.05, 4.69) is 33.9 Å². The second-order valence-corrected chi connectivity index (χ2v) is 6.20. The van der Waals surface area contributed by atoms with Crippen molar-refractivity contribution in [3.8, 4) is 11.5 Å². The number of nitrogens with two attached hydrogens (primary N) is 1. The molecule has 0 saturated carbocycles. The molecule has 1 aromatic carbocycles. The van der Waals surface area contributed by atoms with Gasteiger partial charge in [0.25, 0.3) is 0 Å². The van der Waals surface area contributed by atoms with Crippen molar-refractivity contribution in [1.82, 2.24) is 4.98 Å². The first-order valence-electron chi connectivity index (χ1n) is 7.18. The van der Waals surface area contributed by atoms with Gasteiger partial charge < -0.3 is 10.5 Å². The van der Waals surface area contributed by atoms with Crippen molar-refractivity contribution >= 4 is 15.9 Å². The Labute approximate surface area is 134 Å². The van der Waals surface area contributed by atoms with E-state index in [0.717, 1.165) is 45.8 Å². The quantitative estimate of drug-likeness (QED) is 0.871. The highest BCUT2D eigenvalue weighted by Gasteiger charge is 2.11. The van der Waals surface area contributed by atoms with Crippen LogP contribution in [0.25, 0.3) is 0 Å². The lowest BCUT2D eigenvalue weighted by atomic mass is 10.1.